The zero-order valence-corrected chi connectivity index (χ0v) is 11.5. The van der Waals surface area contributed by atoms with Gasteiger partial charge in [0.25, 0.3) is 11.5 Å². The number of hydrogen-bond acceptors (Lipinski definition) is 4. The first-order valence-corrected chi connectivity index (χ1v) is 6.59. The lowest BCUT2D eigenvalue weighted by Gasteiger charge is -2.08. The van der Waals surface area contributed by atoms with Crippen LogP contribution in [0, 0.1) is 0 Å². The Labute approximate surface area is 120 Å². The lowest BCUT2D eigenvalue weighted by molar-refractivity contribution is 0.102. The summed E-state index contributed by atoms with van der Waals surface area (Å²) >= 11 is 0. The molecule has 1 aliphatic heterocycles. The van der Waals surface area contributed by atoms with Crippen LogP contribution in [-0.2, 0) is 6.54 Å². The second-order valence-electron chi connectivity index (χ2n) is 4.56. The number of carbonyl (C=O) groups is 1. The fourth-order valence-electron chi connectivity index (χ4n) is 2.09. The van der Waals surface area contributed by atoms with Crippen LogP contribution in [0.2, 0.25) is 0 Å². The summed E-state index contributed by atoms with van der Waals surface area (Å²) < 4.78 is 12.0. The Bertz CT molecular complexity index is 752. The van der Waals surface area contributed by atoms with Crippen LogP contribution in [0.4, 0.5) is 5.69 Å². The molecule has 108 valence electrons. The first-order valence-electron chi connectivity index (χ1n) is 6.59. The molecule has 6 heteroatoms. The van der Waals surface area contributed by atoms with Crippen molar-refractivity contribution >= 4 is 11.6 Å². The predicted molar refractivity (Wildman–Crippen MR) is 76.9 cm³/mol. The SMILES string of the molecule is CCn1cc(NC(=O)c2ccc3c(c2)OCO3)ccc1=O. The van der Waals surface area contributed by atoms with Gasteiger partial charge < -0.3 is 19.4 Å². The highest BCUT2D eigenvalue weighted by atomic mass is 16.7. The van der Waals surface area contributed by atoms with Gasteiger partial charge in [-0.05, 0) is 31.2 Å². The fourth-order valence-corrected chi connectivity index (χ4v) is 2.09. The molecule has 21 heavy (non-hydrogen) atoms. The first kappa shape index (κ1) is 13.2. The highest BCUT2D eigenvalue weighted by molar-refractivity contribution is 6.04. The average Bonchev–Trinajstić information content (AvgIpc) is 2.96. The number of benzene rings is 1. The van der Waals surface area contributed by atoms with Crippen molar-refractivity contribution in [3.63, 3.8) is 0 Å². The molecular weight excluding hydrogens is 272 g/mol. The van der Waals surface area contributed by atoms with Gasteiger partial charge in [0.2, 0.25) is 6.79 Å². The number of nitrogens with one attached hydrogen (secondary N) is 1. The maximum Gasteiger partial charge on any atom is 0.255 e. The minimum absolute atomic E-state index is 0.0985. The molecule has 0 atom stereocenters. The minimum Gasteiger partial charge on any atom is -0.454 e. The van der Waals surface area contributed by atoms with Crippen LogP contribution in [-0.4, -0.2) is 17.3 Å². The summed E-state index contributed by atoms with van der Waals surface area (Å²) in [6.45, 7) is 2.58. The van der Waals surface area contributed by atoms with Crippen molar-refractivity contribution in [1.82, 2.24) is 4.57 Å². The third-order valence-corrected chi connectivity index (χ3v) is 3.22. The normalized spacial score (nSPS) is 12.2. The molecule has 0 bridgehead atoms. The van der Waals surface area contributed by atoms with Crippen LogP contribution in [0.1, 0.15) is 17.3 Å². The summed E-state index contributed by atoms with van der Waals surface area (Å²) in [4.78, 5) is 23.7. The smallest absolute Gasteiger partial charge is 0.255 e. The number of pyridine rings is 1. The molecule has 0 fully saturated rings. The van der Waals surface area contributed by atoms with Gasteiger partial charge in [0.15, 0.2) is 11.5 Å². The molecule has 0 saturated heterocycles. The molecule has 0 saturated carbocycles. The van der Waals surface area contributed by atoms with E-state index in [0.717, 1.165) is 0 Å². The molecule has 0 unspecified atom stereocenters. The Kier molecular flexibility index (Phi) is 3.35. The number of amides is 1. The van der Waals surface area contributed by atoms with E-state index in [0.29, 0.717) is 29.3 Å². The van der Waals surface area contributed by atoms with E-state index in [9.17, 15) is 9.59 Å². The van der Waals surface area contributed by atoms with Gasteiger partial charge in [-0.1, -0.05) is 0 Å². The van der Waals surface area contributed by atoms with Crippen molar-refractivity contribution in [2.24, 2.45) is 0 Å². The lowest BCUT2D eigenvalue weighted by atomic mass is 10.2. The Hall–Kier alpha value is -2.76. The number of anilines is 1. The van der Waals surface area contributed by atoms with Crippen LogP contribution in [0.15, 0.2) is 41.3 Å². The van der Waals surface area contributed by atoms with Crippen molar-refractivity contribution < 1.29 is 14.3 Å². The van der Waals surface area contributed by atoms with Crippen molar-refractivity contribution in [3.8, 4) is 11.5 Å². The number of aromatic nitrogens is 1. The molecule has 2 aromatic rings. The van der Waals surface area contributed by atoms with Crippen LogP contribution >= 0.6 is 0 Å². The second kappa shape index (κ2) is 5.32. The second-order valence-corrected chi connectivity index (χ2v) is 4.56. The number of ether oxygens (including phenoxy) is 2. The highest BCUT2D eigenvalue weighted by Gasteiger charge is 2.16. The lowest BCUT2D eigenvalue weighted by Crippen LogP contribution is -2.19. The Morgan fingerprint density at radius 2 is 2.05 bits per heavy atom. The summed E-state index contributed by atoms with van der Waals surface area (Å²) in [6, 6.07) is 8.01. The number of aryl methyl sites for hydroxylation is 1. The number of fused-ring (bicyclic) bond motifs is 1. The molecule has 1 aromatic heterocycles. The zero-order chi connectivity index (χ0) is 14.8. The molecule has 1 aliphatic rings. The van der Waals surface area contributed by atoms with Gasteiger partial charge in [0.1, 0.15) is 0 Å². The van der Waals surface area contributed by atoms with Crippen LogP contribution < -0.4 is 20.3 Å². The summed E-state index contributed by atoms with van der Waals surface area (Å²) in [6.07, 6.45) is 1.62. The Morgan fingerprint density at radius 3 is 2.86 bits per heavy atom. The highest BCUT2D eigenvalue weighted by Crippen LogP contribution is 2.32. The number of carbonyl (C=O) groups excluding carboxylic acids is 1. The number of nitrogens with zero attached hydrogens (tertiary/aromatic N) is 1. The van der Waals surface area contributed by atoms with E-state index in [4.69, 9.17) is 9.47 Å². The average molecular weight is 286 g/mol. The molecule has 3 rings (SSSR count). The molecule has 2 heterocycles. The van der Waals surface area contributed by atoms with Crippen molar-refractivity contribution in [3.05, 3.63) is 52.4 Å². The maximum absolute atomic E-state index is 12.2. The number of hydrogen-bond donors (Lipinski definition) is 1. The molecule has 1 amide bonds. The van der Waals surface area contributed by atoms with Gasteiger partial charge >= 0.3 is 0 Å². The van der Waals surface area contributed by atoms with Gasteiger partial charge in [0.05, 0.1) is 5.69 Å². The van der Waals surface area contributed by atoms with E-state index in [1.54, 1.807) is 30.5 Å². The van der Waals surface area contributed by atoms with Crippen LogP contribution in [0.5, 0.6) is 11.5 Å². The molecule has 1 aromatic carbocycles. The fraction of sp³-hybridized carbons (Fsp3) is 0.200. The van der Waals surface area contributed by atoms with E-state index >= 15 is 0 Å². The van der Waals surface area contributed by atoms with E-state index in [1.165, 1.54) is 10.6 Å². The quantitative estimate of drug-likeness (QED) is 0.935. The summed E-state index contributed by atoms with van der Waals surface area (Å²) in [5.41, 5.74) is 0.936. The summed E-state index contributed by atoms with van der Waals surface area (Å²) in [5.74, 6) is 0.918. The first-order chi connectivity index (χ1) is 10.2. The van der Waals surface area contributed by atoms with Gasteiger partial charge in [-0.15, -0.1) is 0 Å². The number of rotatable bonds is 3. The van der Waals surface area contributed by atoms with Crippen molar-refractivity contribution in [1.29, 1.82) is 0 Å². The van der Waals surface area contributed by atoms with Crippen molar-refractivity contribution in [2.75, 3.05) is 12.1 Å². The Balaban J connectivity index is 1.81. The van der Waals surface area contributed by atoms with Crippen LogP contribution in [0.25, 0.3) is 0 Å². The monoisotopic (exact) mass is 286 g/mol. The van der Waals surface area contributed by atoms with Crippen LogP contribution in [0.3, 0.4) is 0 Å². The maximum atomic E-state index is 12.2. The minimum atomic E-state index is -0.269. The van der Waals surface area contributed by atoms with Gasteiger partial charge in [-0.2, -0.15) is 0 Å². The molecular formula is C15H14N2O4. The largest absolute Gasteiger partial charge is 0.454 e. The third kappa shape index (κ3) is 2.60. The molecule has 1 N–H and O–H groups in total. The molecule has 0 radical (unpaired) electrons. The van der Waals surface area contributed by atoms with Gasteiger partial charge in [0, 0.05) is 24.4 Å². The third-order valence-electron chi connectivity index (χ3n) is 3.22. The van der Waals surface area contributed by atoms with E-state index in [1.807, 2.05) is 6.92 Å². The topological polar surface area (TPSA) is 69.6 Å². The summed E-state index contributed by atoms with van der Waals surface area (Å²) in [7, 11) is 0. The Morgan fingerprint density at radius 1 is 1.24 bits per heavy atom. The molecule has 6 nitrogen and oxygen atoms in total. The van der Waals surface area contributed by atoms with Gasteiger partial charge in [-0.3, -0.25) is 9.59 Å². The zero-order valence-electron chi connectivity index (χ0n) is 11.5. The molecule has 0 spiro atoms. The van der Waals surface area contributed by atoms with E-state index < -0.39 is 0 Å². The van der Waals surface area contributed by atoms with Gasteiger partial charge in [-0.25, -0.2) is 0 Å². The molecule has 0 aliphatic carbocycles. The predicted octanol–water partition coefficient (Wildman–Crippen LogP) is 1.85. The van der Waals surface area contributed by atoms with Crippen molar-refractivity contribution in [2.45, 2.75) is 13.5 Å². The van der Waals surface area contributed by atoms with E-state index in [2.05, 4.69) is 5.32 Å². The standard InChI is InChI=1S/C15H14N2O4/c1-2-17-8-11(4-6-14(17)18)16-15(19)10-3-5-12-13(7-10)21-9-20-12/h3-8H,2,9H2,1H3,(H,16,19). The summed E-state index contributed by atoms with van der Waals surface area (Å²) in [5, 5.41) is 2.76. The van der Waals surface area contributed by atoms with E-state index in [-0.39, 0.29) is 18.3 Å².